The molecule has 2 N–H and O–H groups in total. The van der Waals surface area contributed by atoms with E-state index >= 15 is 0 Å². The second kappa shape index (κ2) is 7.00. The van der Waals surface area contributed by atoms with Crippen LogP contribution in [0.5, 0.6) is 0 Å². The second-order valence-corrected chi connectivity index (χ2v) is 6.55. The summed E-state index contributed by atoms with van der Waals surface area (Å²) in [5.41, 5.74) is 2.95. The molecule has 124 valence electrons. The summed E-state index contributed by atoms with van der Waals surface area (Å²) in [7, 11) is 4.19. The topological polar surface area (TPSA) is 66.0 Å². The molecule has 0 fully saturated rings. The lowest BCUT2D eigenvalue weighted by molar-refractivity contribution is 0.0952. The highest BCUT2D eigenvalue weighted by Crippen LogP contribution is 2.23. The van der Waals surface area contributed by atoms with Gasteiger partial charge in [0.15, 0.2) is 0 Å². The number of rotatable bonds is 6. The Labute approximate surface area is 136 Å². The van der Waals surface area contributed by atoms with Crippen LogP contribution >= 0.6 is 0 Å². The molecular formula is C17H25N5O. The summed E-state index contributed by atoms with van der Waals surface area (Å²) < 4.78 is 1.99. The van der Waals surface area contributed by atoms with E-state index in [2.05, 4.69) is 34.4 Å². The maximum atomic E-state index is 12.5. The van der Waals surface area contributed by atoms with Gasteiger partial charge in [0.25, 0.3) is 5.91 Å². The lowest BCUT2D eigenvalue weighted by Gasteiger charge is -2.26. The molecule has 1 amide bonds. The Balaban J connectivity index is 1.60. The number of aromatic amines is 1. The number of nitrogens with zero attached hydrogens (tertiary/aromatic N) is 3. The van der Waals surface area contributed by atoms with Gasteiger partial charge in [0, 0.05) is 37.9 Å². The third-order valence-electron chi connectivity index (χ3n) is 4.39. The van der Waals surface area contributed by atoms with Crippen molar-refractivity contribution in [2.75, 3.05) is 27.2 Å². The predicted molar refractivity (Wildman–Crippen MR) is 89.4 cm³/mol. The van der Waals surface area contributed by atoms with Crippen LogP contribution in [0.4, 0.5) is 0 Å². The van der Waals surface area contributed by atoms with Crippen LogP contribution in [0, 0.1) is 5.92 Å². The highest BCUT2D eigenvalue weighted by atomic mass is 16.1. The molecule has 23 heavy (non-hydrogen) atoms. The van der Waals surface area contributed by atoms with Crippen molar-refractivity contribution in [3.8, 4) is 0 Å². The number of carbonyl (C=O) groups excluding carboxylic acids is 1. The monoisotopic (exact) mass is 315 g/mol. The number of aromatic nitrogens is 3. The van der Waals surface area contributed by atoms with E-state index in [1.807, 2.05) is 23.0 Å². The van der Waals surface area contributed by atoms with E-state index in [1.165, 1.54) is 0 Å². The quantitative estimate of drug-likeness (QED) is 0.844. The summed E-state index contributed by atoms with van der Waals surface area (Å²) in [5, 5.41) is 7.39. The largest absolute Gasteiger partial charge is 0.365 e. The Kier molecular flexibility index (Phi) is 4.81. The van der Waals surface area contributed by atoms with Gasteiger partial charge >= 0.3 is 0 Å². The number of fused-ring (bicyclic) bond motifs is 1. The Bertz CT molecular complexity index is 644. The minimum absolute atomic E-state index is 0.0108. The molecule has 1 atom stereocenters. The van der Waals surface area contributed by atoms with Crippen molar-refractivity contribution in [1.82, 2.24) is 25.0 Å². The van der Waals surface area contributed by atoms with Gasteiger partial charge in [0.1, 0.15) is 0 Å². The van der Waals surface area contributed by atoms with Gasteiger partial charge in [0.05, 0.1) is 17.5 Å². The van der Waals surface area contributed by atoms with Crippen LogP contribution in [-0.2, 0) is 19.4 Å². The first-order chi connectivity index (χ1) is 11.1. The summed E-state index contributed by atoms with van der Waals surface area (Å²) >= 11 is 0. The van der Waals surface area contributed by atoms with Crippen LogP contribution < -0.4 is 5.32 Å². The summed E-state index contributed by atoms with van der Waals surface area (Å²) in [6.45, 7) is 2.59. The van der Waals surface area contributed by atoms with Crippen LogP contribution in [0.3, 0.4) is 0 Å². The van der Waals surface area contributed by atoms with Crippen molar-refractivity contribution < 1.29 is 4.79 Å². The Morgan fingerprint density at radius 3 is 3.13 bits per heavy atom. The first kappa shape index (κ1) is 15.8. The fourth-order valence-corrected chi connectivity index (χ4v) is 3.29. The van der Waals surface area contributed by atoms with Crippen molar-refractivity contribution in [2.45, 2.75) is 25.8 Å². The number of aryl methyl sites for hydroxylation is 1. The molecule has 2 aromatic heterocycles. The van der Waals surface area contributed by atoms with Crippen LogP contribution in [0.2, 0.25) is 0 Å². The molecule has 0 spiro atoms. The van der Waals surface area contributed by atoms with E-state index in [-0.39, 0.29) is 5.91 Å². The zero-order valence-corrected chi connectivity index (χ0v) is 13.9. The summed E-state index contributed by atoms with van der Waals surface area (Å²) in [5.74, 6) is 0.586. The molecule has 0 aromatic carbocycles. The van der Waals surface area contributed by atoms with Crippen molar-refractivity contribution in [3.05, 3.63) is 41.5 Å². The van der Waals surface area contributed by atoms with Gasteiger partial charge in [-0.05, 0) is 45.0 Å². The maximum Gasteiger partial charge on any atom is 0.254 e. The highest BCUT2D eigenvalue weighted by molar-refractivity contribution is 5.95. The van der Waals surface area contributed by atoms with Crippen LogP contribution in [-0.4, -0.2) is 52.8 Å². The Morgan fingerprint density at radius 1 is 1.52 bits per heavy atom. The molecule has 3 rings (SSSR count). The van der Waals surface area contributed by atoms with Gasteiger partial charge in [-0.3, -0.25) is 9.48 Å². The Morgan fingerprint density at radius 2 is 2.39 bits per heavy atom. The van der Waals surface area contributed by atoms with Crippen LogP contribution in [0.1, 0.15) is 28.2 Å². The fourth-order valence-electron chi connectivity index (χ4n) is 3.29. The predicted octanol–water partition coefficient (Wildman–Crippen LogP) is 1.31. The van der Waals surface area contributed by atoms with E-state index in [1.54, 1.807) is 6.20 Å². The van der Waals surface area contributed by atoms with Crippen molar-refractivity contribution >= 4 is 5.91 Å². The summed E-state index contributed by atoms with van der Waals surface area (Å²) in [6, 6.07) is 4.00. The standard InChI is InChI=1S/C17H25N5O/c1-21(2)12-13-6-9-22-16(10-13)15(11-20-22)17(23)19-8-5-14-4-3-7-18-14/h3-4,7,11,13,18H,5-6,8-10,12H2,1-2H3,(H,19,23)/t13-/m1/s1. The van der Waals surface area contributed by atoms with Gasteiger partial charge < -0.3 is 15.2 Å². The van der Waals surface area contributed by atoms with Crippen LogP contribution in [0.25, 0.3) is 0 Å². The number of hydrogen-bond acceptors (Lipinski definition) is 3. The van der Waals surface area contributed by atoms with E-state index in [4.69, 9.17) is 0 Å². The van der Waals surface area contributed by atoms with E-state index in [0.29, 0.717) is 12.5 Å². The van der Waals surface area contributed by atoms with Gasteiger partial charge in [-0.15, -0.1) is 0 Å². The first-order valence-electron chi connectivity index (χ1n) is 8.23. The molecule has 1 aliphatic heterocycles. The van der Waals surface area contributed by atoms with Gasteiger partial charge in [-0.25, -0.2) is 0 Å². The third-order valence-corrected chi connectivity index (χ3v) is 4.39. The van der Waals surface area contributed by atoms with E-state index in [0.717, 1.165) is 49.3 Å². The highest BCUT2D eigenvalue weighted by Gasteiger charge is 2.25. The maximum absolute atomic E-state index is 12.5. The molecule has 6 heteroatoms. The average molecular weight is 315 g/mol. The molecular weight excluding hydrogens is 290 g/mol. The number of carbonyl (C=O) groups is 1. The molecule has 1 aliphatic rings. The molecule has 0 radical (unpaired) electrons. The number of amides is 1. The van der Waals surface area contributed by atoms with Gasteiger partial charge in [0.2, 0.25) is 0 Å². The fraction of sp³-hybridized carbons (Fsp3) is 0.529. The zero-order chi connectivity index (χ0) is 16.2. The number of nitrogens with one attached hydrogen (secondary N) is 2. The molecule has 0 aliphatic carbocycles. The molecule has 0 bridgehead atoms. The summed E-state index contributed by atoms with van der Waals surface area (Å²) in [6.07, 6.45) is 6.48. The van der Waals surface area contributed by atoms with E-state index in [9.17, 15) is 4.79 Å². The molecule has 0 unspecified atom stereocenters. The van der Waals surface area contributed by atoms with Gasteiger partial charge in [-0.1, -0.05) is 0 Å². The smallest absolute Gasteiger partial charge is 0.254 e. The number of H-pyrrole nitrogens is 1. The third kappa shape index (κ3) is 3.82. The molecule has 2 aromatic rings. The molecule has 0 saturated heterocycles. The molecule has 3 heterocycles. The van der Waals surface area contributed by atoms with Crippen molar-refractivity contribution in [3.63, 3.8) is 0 Å². The van der Waals surface area contributed by atoms with Crippen molar-refractivity contribution in [1.29, 1.82) is 0 Å². The molecule has 6 nitrogen and oxygen atoms in total. The average Bonchev–Trinajstić information content (AvgIpc) is 3.15. The summed E-state index contributed by atoms with van der Waals surface area (Å²) in [4.78, 5) is 17.8. The number of hydrogen-bond donors (Lipinski definition) is 2. The minimum Gasteiger partial charge on any atom is -0.365 e. The lowest BCUT2D eigenvalue weighted by atomic mass is 9.94. The normalized spacial score (nSPS) is 17.3. The second-order valence-electron chi connectivity index (χ2n) is 6.55. The SMILES string of the molecule is CN(C)C[C@@H]1CCn2ncc(C(=O)NCCc3ccc[nH]3)c2C1. The van der Waals surface area contributed by atoms with E-state index < -0.39 is 0 Å². The first-order valence-corrected chi connectivity index (χ1v) is 8.23. The minimum atomic E-state index is -0.0108. The zero-order valence-electron chi connectivity index (χ0n) is 13.9. The van der Waals surface area contributed by atoms with Crippen LogP contribution in [0.15, 0.2) is 24.5 Å². The van der Waals surface area contributed by atoms with Crippen molar-refractivity contribution in [2.24, 2.45) is 5.92 Å². The molecule has 0 saturated carbocycles. The Hall–Kier alpha value is -2.08. The van der Waals surface area contributed by atoms with Gasteiger partial charge in [-0.2, -0.15) is 5.10 Å². The lowest BCUT2D eigenvalue weighted by Crippen LogP contribution is -2.31.